The van der Waals surface area contributed by atoms with Crippen LogP contribution in [0.1, 0.15) is 25.7 Å². The Balaban J connectivity index is 2.50. The van der Waals surface area contributed by atoms with Crippen LogP contribution in [0.15, 0.2) is 0 Å². The number of carbonyl (C=O) groups excluding carboxylic acids is 1. The van der Waals surface area contributed by atoms with E-state index in [9.17, 15) is 14.4 Å². The molecule has 0 bridgehead atoms. The van der Waals surface area contributed by atoms with Crippen LogP contribution < -0.4 is 5.73 Å². The molecule has 0 spiro atoms. The Morgan fingerprint density at radius 1 is 1.22 bits per heavy atom. The maximum absolute atomic E-state index is 11.9. The Morgan fingerprint density at radius 2 is 1.83 bits per heavy atom. The van der Waals surface area contributed by atoms with E-state index in [0.29, 0.717) is 12.5 Å². The zero-order valence-electron chi connectivity index (χ0n) is 10.0. The Labute approximate surface area is 105 Å². The monoisotopic (exact) mass is 258 g/mol. The zero-order chi connectivity index (χ0) is 13.7. The molecule has 0 saturated heterocycles. The number of carbonyl (C=O) groups is 3. The van der Waals surface area contributed by atoms with E-state index in [2.05, 4.69) is 0 Å². The molecule has 1 amide bonds. The average molecular weight is 258 g/mol. The number of nitrogens with zero attached hydrogens (tertiary/aromatic N) is 1. The molecular formula is C11H18N2O5. The first-order valence-electron chi connectivity index (χ1n) is 5.88. The van der Waals surface area contributed by atoms with Crippen LogP contribution in [0.4, 0.5) is 0 Å². The van der Waals surface area contributed by atoms with Crippen molar-refractivity contribution in [3.05, 3.63) is 0 Å². The largest absolute Gasteiger partial charge is 0.481 e. The molecule has 1 aliphatic carbocycles. The fraction of sp³-hybridized carbons (Fsp3) is 0.727. The Kier molecular flexibility index (Phi) is 5.08. The Morgan fingerprint density at radius 3 is 2.28 bits per heavy atom. The highest BCUT2D eigenvalue weighted by atomic mass is 16.4. The molecule has 0 aromatic heterocycles. The normalized spacial score (nSPS) is 16.1. The number of carboxylic acid groups (broad SMARTS) is 2. The smallest absolute Gasteiger partial charge is 0.323 e. The van der Waals surface area contributed by atoms with Crippen molar-refractivity contribution in [3.8, 4) is 0 Å². The standard InChI is InChI=1S/C11H18N2O5/c12-8(3-4-9(14)15)11(18)13(6-10(16)17)5-7-1-2-7/h7-8H,1-6,12H2,(H,14,15)(H,16,17). The van der Waals surface area contributed by atoms with Crippen LogP contribution in [-0.2, 0) is 14.4 Å². The summed E-state index contributed by atoms with van der Waals surface area (Å²) in [5.74, 6) is -2.23. The topological polar surface area (TPSA) is 121 Å². The zero-order valence-corrected chi connectivity index (χ0v) is 10.0. The third-order valence-electron chi connectivity index (χ3n) is 2.80. The molecule has 7 heteroatoms. The lowest BCUT2D eigenvalue weighted by Crippen LogP contribution is -2.46. The van der Waals surface area contributed by atoms with Crippen LogP contribution in [0, 0.1) is 5.92 Å². The molecule has 1 fully saturated rings. The third-order valence-corrected chi connectivity index (χ3v) is 2.80. The maximum atomic E-state index is 11.9. The summed E-state index contributed by atoms with van der Waals surface area (Å²) in [5, 5.41) is 17.2. The molecule has 1 saturated carbocycles. The van der Waals surface area contributed by atoms with Crippen molar-refractivity contribution in [1.29, 1.82) is 0 Å². The van der Waals surface area contributed by atoms with Crippen LogP contribution in [0.2, 0.25) is 0 Å². The van der Waals surface area contributed by atoms with E-state index in [1.807, 2.05) is 0 Å². The van der Waals surface area contributed by atoms with E-state index in [0.717, 1.165) is 12.8 Å². The molecule has 0 aromatic rings. The van der Waals surface area contributed by atoms with E-state index in [1.165, 1.54) is 4.90 Å². The van der Waals surface area contributed by atoms with Crippen molar-refractivity contribution in [2.75, 3.05) is 13.1 Å². The molecule has 18 heavy (non-hydrogen) atoms. The van der Waals surface area contributed by atoms with Crippen LogP contribution in [-0.4, -0.2) is 52.1 Å². The van der Waals surface area contributed by atoms with Gasteiger partial charge in [-0.1, -0.05) is 0 Å². The highest BCUT2D eigenvalue weighted by molar-refractivity contribution is 5.85. The van der Waals surface area contributed by atoms with Crippen molar-refractivity contribution < 1.29 is 24.6 Å². The number of carboxylic acids is 2. The summed E-state index contributed by atoms with van der Waals surface area (Å²) in [6.45, 7) is 0.0159. The predicted octanol–water partition coefficient (Wildman–Crippen LogP) is -0.498. The summed E-state index contributed by atoms with van der Waals surface area (Å²) in [7, 11) is 0. The molecule has 1 rings (SSSR count). The van der Waals surface area contributed by atoms with Crippen molar-refractivity contribution in [1.82, 2.24) is 4.90 Å². The number of amides is 1. The van der Waals surface area contributed by atoms with Gasteiger partial charge in [-0.15, -0.1) is 0 Å². The van der Waals surface area contributed by atoms with E-state index < -0.39 is 23.9 Å². The molecular weight excluding hydrogens is 240 g/mol. The quantitative estimate of drug-likeness (QED) is 0.539. The van der Waals surface area contributed by atoms with Gasteiger partial charge in [0.25, 0.3) is 0 Å². The molecule has 7 nitrogen and oxygen atoms in total. The van der Waals surface area contributed by atoms with E-state index in [1.54, 1.807) is 0 Å². The summed E-state index contributed by atoms with van der Waals surface area (Å²) in [6.07, 6.45) is 1.81. The fourth-order valence-corrected chi connectivity index (χ4v) is 1.64. The SMILES string of the molecule is NC(CCC(=O)O)C(=O)N(CC(=O)O)CC1CC1. The van der Waals surface area contributed by atoms with E-state index in [4.69, 9.17) is 15.9 Å². The molecule has 0 radical (unpaired) electrons. The second kappa shape index (κ2) is 6.34. The van der Waals surface area contributed by atoms with Gasteiger partial charge in [0.2, 0.25) is 5.91 Å². The molecule has 0 heterocycles. The van der Waals surface area contributed by atoms with Gasteiger partial charge >= 0.3 is 11.9 Å². The predicted molar refractivity (Wildman–Crippen MR) is 61.8 cm³/mol. The van der Waals surface area contributed by atoms with Crippen LogP contribution in [0.25, 0.3) is 0 Å². The Bertz CT molecular complexity index is 340. The Hall–Kier alpha value is -1.63. The van der Waals surface area contributed by atoms with Crippen molar-refractivity contribution in [2.24, 2.45) is 11.7 Å². The third kappa shape index (κ3) is 5.13. The van der Waals surface area contributed by atoms with Crippen molar-refractivity contribution in [2.45, 2.75) is 31.7 Å². The van der Waals surface area contributed by atoms with Gasteiger partial charge < -0.3 is 20.8 Å². The maximum Gasteiger partial charge on any atom is 0.323 e. The van der Waals surface area contributed by atoms with Gasteiger partial charge in [0.1, 0.15) is 6.54 Å². The molecule has 1 atom stereocenters. The number of nitrogens with two attached hydrogens (primary N) is 1. The number of hydrogen-bond acceptors (Lipinski definition) is 4. The minimum absolute atomic E-state index is 0.0228. The molecule has 1 aliphatic rings. The summed E-state index contributed by atoms with van der Waals surface area (Å²) in [6, 6.07) is -0.945. The van der Waals surface area contributed by atoms with Gasteiger partial charge in [0.05, 0.1) is 6.04 Å². The van der Waals surface area contributed by atoms with Gasteiger partial charge in [0.15, 0.2) is 0 Å². The fourth-order valence-electron chi connectivity index (χ4n) is 1.64. The molecule has 0 aliphatic heterocycles. The lowest BCUT2D eigenvalue weighted by Gasteiger charge is -2.23. The first kappa shape index (κ1) is 14.4. The number of aliphatic carboxylic acids is 2. The van der Waals surface area contributed by atoms with Crippen LogP contribution >= 0.6 is 0 Å². The number of hydrogen-bond donors (Lipinski definition) is 3. The van der Waals surface area contributed by atoms with E-state index >= 15 is 0 Å². The second-order valence-corrected chi connectivity index (χ2v) is 4.59. The van der Waals surface area contributed by atoms with E-state index in [-0.39, 0.29) is 19.4 Å². The van der Waals surface area contributed by atoms with Crippen LogP contribution in [0.5, 0.6) is 0 Å². The van der Waals surface area contributed by atoms with Gasteiger partial charge in [-0.05, 0) is 25.2 Å². The summed E-state index contributed by atoms with van der Waals surface area (Å²) >= 11 is 0. The van der Waals surface area contributed by atoms with Gasteiger partial charge in [-0.25, -0.2) is 0 Å². The first-order chi connectivity index (χ1) is 8.40. The lowest BCUT2D eigenvalue weighted by molar-refractivity contribution is -0.145. The molecule has 0 aromatic carbocycles. The van der Waals surface area contributed by atoms with Crippen molar-refractivity contribution >= 4 is 17.8 Å². The minimum atomic E-state index is -1.09. The molecule has 1 unspecified atom stereocenters. The highest BCUT2D eigenvalue weighted by Crippen LogP contribution is 2.29. The summed E-state index contributed by atoms with van der Waals surface area (Å²) in [4.78, 5) is 34.2. The number of rotatable bonds is 8. The summed E-state index contributed by atoms with van der Waals surface area (Å²) < 4.78 is 0. The summed E-state index contributed by atoms with van der Waals surface area (Å²) in [5.41, 5.74) is 5.59. The van der Waals surface area contributed by atoms with Crippen LogP contribution in [0.3, 0.4) is 0 Å². The van der Waals surface area contributed by atoms with Crippen molar-refractivity contribution in [3.63, 3.8) is 0 Å². The minimum Gasteiger partial charge on any atom is -0.481 e. The van der Waals surface area contributed by atoms with Gasteiger partial charge in [0, 0.05) is 13.0 Å². The lowest BCUT2D eigenvalue weighted by atomic mass is 10.1. The second-order valence-electron chi connectivity index (χ2n) is 4.59. The van der Waals surface area contributed by atoms with Gasteiger partial charge in [-0.2, -0.15) is 0 Å². The molecule has 102 valence electrons. The first-order valence-corrected chi connectivity index (χ1v) is 5.88. The molecule has 4 N–H and O–H groups in total. The van der Waals surface area contributed by atoms with Gasteiger partial charge in [-0.3, -0.25) is 14.4 Å². The highest BCUT2D eigenvalue weighted by Gasteiger charge is 2.30. The average Bonchev–Trinajstić information content (AvgIpc) is 3.07.